The molecule has 1 atom stereocenters. The summed E-state index contributed by atoms with van der Waals surface area (Å²) >= 11 is 0. The Morgan fingerprint density at radius 3 is 2.52 bits per heavy atom. The molecule has 1 aliphatic heterocycles. The van der Waals surface area contributed by atoms with E-state index in [0.29, 0.717) is 25.2 Å². The van der Waals surface area contributed by atoms with Crippen LogP contribution in [0.25, 0.3) is 0 Å². The number of benzene rings is 1. The Morgan fingerprint density at radius 2 is 1.89 bits per heavy atom. The van der Waals surface area contributed by atoms with Gasteiger partial charge in [0.1, 0.15) is 6.54 Å². The molecule has 6 heteroatoms. The number of aryl methyl sites for hydroxylation is 2. The molecule has 1 aromatic carbocycles. The molecule has 3 rings (SSSR count). The Bertz CT molecular complexity index is 839. The van der Waals surface area contributed by atoms with E-state index >= 15 is 0 Å². The lowest BCUT2D eigenvalue weighted by molar-refractivity contribution is -0.134. The van der Waals surface area contributed by atoms with Crippen LogP contribution in [0, 0.1) is 19.8 Å². The zero-order valence-corrected chi connectivity index (χ0v) is 16.0. The Morgan fingerprint density at radius 1 is 1.22 bits per heavy atom. The number of hydrogen-bond donors (Lipinski definition) is 1. The Hall–Kier alpha value is -2.47. The number of rotatable bonds is 5. The van der Waals surface area contributed by atoms with Gasteiger partial charge in [0.05, 0.1) is 6.10 Å². The Balaban J connectivity index is 1.54. The minimum Gasteiger partial charge on any atom is -0.392 e. The number of piperidine rings is 1. The second kappa shape index (κ2) is 8.48. The van der Waals surface area contributed by atoms with Gasteiger partial charge in [-0.05, 0) is 50.7 Å². The monoisotopic (exact) mass is 369 g/mol. The van der Waals surface area contributed by atoms with Gasteiger partial charge < -0.3 is 10.0 Å². The van der Waals surface area contributed by atoms with Crippen LogP contribution < -0.4 is 5.69 Å². The van der Waals surface area contributed by atoms with E-state index in [1.165, 1.54) is 4.57 Å². The minimum absolute atomic E-state index is 0.0230. The smallest absolute Gasteiger partial charge is 0.348 e. The summed E-state index contributed by atoms with van der Waals surface area (Å²) in [4.78, 5) is 30.3. The van der Waals surface area contributed by atoms with Crippen molar-refractivity contribution in [3.8, 4) is 0 Å². The Labute approximate surface area is 159 Å². The van der Waals surface area contributed by atoms with Crippen molar-refractivity contribution in [2.45, 2.75) is 45.8 Å². The van der Waals surface area contributed by atoms with Gasteiger partial charge in [0.15, 0.2) is 0 Å². The van der Waals surface area contributed by atoms with Crippen molar-refractivity contribution in [1.82, 2.24) is 14.5 Å². The highest BCUT2D eigenvalue weighted by Crippen LogP contribution is 2.23. The second-order valence-electron chi connectivity index (χ2n) is 7.38. The van der Waals surface area contributed by atoms with E-state index in [0.717, 1.165) is 24.1 Å². The van der Waals surface area contributed by atoms with Crippen LogP contribution in [0.5, 0.6) is 0 Å². The van der Waals surface area contributed by atoms with E-state index < -0.39 is 6.10 Å². The minimum atomic E-state index is -0.393. The maximum atomic E-state index is 12.6. The first kappa shape index (κ1) is 19.3. The molecule has 1 saturated heterocycles. The predicted molar refractivity (Wildman–Crippen MR) is 103 cm³/mol. The number of aromatic nitrogens is 2. The van der Waals surface area contributed by atoms with E-state index in [2.05, 4.69) is 4.98 Å². The maximum Gasteiger partial charge on any atom is 0.348 e. The van der Waals surface area contributed by atoms with Crippen molar-refractivity contribution < 1.29 is 9.90 Å². The van der Waals surface area contributed by atoms with Crippen LogP contribution in [0.15, 0.2) is 41.2 Å². The average molecular weight is 369 g/mol. The van der Waals surface area contributed by atoms with Gasteiger partial charge in [-0.2, -0.15) is 4.98 Å². The van der Waals surface area contributed by atoms with E-state index in [1.807, 2.05) is 37.3 Å². The molecule has 1 amide bonds. The third-order valence-electron chi connectivity index (χ3n) is 5.36. The maximum absolute atomic E-state index is 12.6. The van der Waals surface area contributed by atoms with Crippen LogP contribution in [-0.4, -0.2) is 44.7 Å². The van der Waals surface area contributed by atoms with Crippen LogP contribution in [-0.2, 0) is 17.8 Å². The van der Waals surface area contributed by atoms with Crippen molar-refractivity contribution in [2.24, 2.45) is 5.92 Å². The third kappa shape index (κ3) is 4.83. The highest BCUT2D eigenvalue weighted by Gasteiger charge is 2.27. The molecule has 2 heterocycles. The molecular formula is C21H27N3O3. The molecule has 1 fully saturated rings. The number of amides is 1. The molecule has 0 unspecified atom stereocenters. The first-order chi connectivity index (χ1) is 12.9. The van der Waals surface area contributed by atoms with Crippen LogP contribution in [0.1, 0.15) is 29.8 Å². The number of likely N-dealkylation sites (tertiary alicyclic amines) is 1. The molecule has 1 N–H and O–H groups in total. The zero-order valence-electron chi connectivity index (χ0n) is 16.0. The summed E-state index contributed by atoms with van der Waals surface area (Å²) in [6, 6.07) is 11.8. The van der Waals surface area contributed by atoms with Gasteiger partial charge in [0.2, 0.25) is 5.91 Å². The van der Waals surface area contributed by atoms with Crippen LogP contribution >= 0.6 is 0 Å². The van der Waals surface area contributed by atoms with Gasteiger partial charge >= 0.3 is 5.69 Å². The van der Waals surface area contributed by atoms with Gasteiger partial charge in [-0.1, -0.05) is 30.3 Å². The topological polar surface area (TPSA) is 75.4 Å². The van der Waals surface area contributed by atoms with Crippen molar-refractivity contribution in [3.63, 3.8) is 0 Å². The summed E-state index contributed by atoms with van der Waals surface area (Å²) in [6.45, 7) is 4.84. The van der Waals surface area contributed by atoms with Gasteiger partial charge in [0.25, 0.3) is 0 Å². The van der Waals surface area contributed by atoms with E-state index in [-0.39, 0.29) is 24.1 Å². The fourth-order valence-electron chi connectivity index (χ4n) is 3.76. The summed E-state index contributed by atoms with van der Waals surface area (Å²) in [7, 11) is 0. The lowest BCUT2D eigenvalue weighted by Crippen LogP contribution is -2.44. The predicted octanol–water partition coefficient (Wildman–Crippen LogP) is 1.70. The highest BCUT2D eigenvalue weighted by molar-refractivity contribution is 5.76. The molecule has 0 radical (unpaired) electrons. The lowest BCUT2D eigenvalue weighted by Gasteiger charge is -2.34. The summed E-state index contributed by atoms with van der Waals surface area (Å²) in [5.74, 6) is 0.126. The summed E-state index contributed by atoms with van der Waals surface area (Å²) in [5, 5.41) is 10.5. The van der Waals surface area contributed by atoms with Crippen molar-refractivity contribution in [1.29, 1.82) is 0 Å². The molecule has 0 aliphatic carbocycles. The molecule has 1 aliphatic rings. The molecular weight excluding hydrogens is 342 g/mol. The molecule has 27 heavy (non-hydrogen) atoms. The quantitative estimate of drug-likeness (QED) is 0.870. The zero-order chi connectivity index (χ0) is 19.4. The van der Waals surface area contributed by atoms with Gasteiger partial charge in [-0.15, -0.1) is 0 Å². The second-order valence-corrected chi connectivity index (χ2v) is 7.38. The largest absolute Gasteiger partial charge is 0.392 e. The number of carbonyl (C=O) groups is 1. The third-order valence-corrected chi connectivity index (χ3v) is 5.36. The number of carbonyl (C=O) groups excluding carboxylic acids is 1. The van der Waals surface area contributed by atoms with Gasteiger partial charge in [0, 0.05) is 24.5 Å². The fourth-order valence-corrected chi connectivity index (χ4v) is 3.76. The molecule has 0 saturated carbocycles. The average Bonchev–Trinajstić information content (AvgIpc) is 2.65. The van der Waals surface area contributed by atoms with E-state index in [4.69, 9.17) is 0 Å². The standard InChI is InChI=1S/C21H27N3O3/c1-15-12-16(2)24(21(27)22-15)14-20(26)23-10-8-18(9-11-23)19(25)13-17-6-4-3-5-7-17/h3-7,12,18-19,25H,8-11,13-14H2,1-2H3/t19-/m1/s1. The van der Waals surface area contributed by atoms with Crippen molar-refractivity contribution >= 4 is 5.91 Å². The summed E-state index contributed by atoms with van der Waals surface area (Å²) < 4.78 is 1.42. The van der Waals surface area contributed by atoms with Crippen molar-refractivity contribution in [3.05, 3.63) is 63.8 Å². The lowest BCUT2D eigenvalue weighted by atomic mass is 9.88. The van der Waals surface area contributed by atoms with Gasteiger partial charge in [-0.25, -0.2) is 4.79 Å². The molecule has 0 bridgehead atoms. The molecule has 144 valence electrons. The summed E-state index contributed by atoms with van der Waals surface area (Å²) in [5.41, 5.74) is 2.16. The van der Waals surface area contributed by atoms with E-state index in [9.17, 15) is 14.7 Å². The number of nitrogens with zero attached hydrogens (tertiary/aromatic N) is 3. The van der Waals surface area contributed by atoms with Crippen molar-refractivity contribution in [2.75, 3.05) is 13.1 Å². The first-order valence-corrected chi connectivity index (χ1v) is 9.49. The number of hydrogen-bond acceptors (Lipinski definition) is 4. The molecule has 1 aromatic heterocycles. The molecule has 0 spiro atoms. The van der Waals surface area contributed by atoms with Crippen LogP contribution in [0.2, 0.25) is 0 Å². The van der Waals surface area contributed by atoms with Crippen LogP contribution in [0.4, 0.5) is 0 Å². The number of aliphatic hydroxyl groups is 1. The van der Waals surface area contributed by atoms with E-state index in [1.54, 1.807) is 17.9 Å². The number of aliphatic hydroxyl groups excluding tert-OH is 1. The normalized spacial score (nSPS) is 16.3. The SMILES string of the molecule is Cc1cc(C)n(CC(=O)N2CCC([C@H](O)Cc3ccccc3)CC2)c(=O)n1. The first-order valence-electron chi connectivity index (χ1n) is 9.49. The van der Waals surface area contributed by atoms with Crippen LogP contribution in [0.3, 0.4) is 0 Å². The molecule has 6 nitrogen and oxygen atoms in total. The fraction of sp³-hybridized carbons (Fsp3) is 0.476. The Kier molecular flexibility index (Phi) is 6.06. The van der Waals surface area contributed by atoms with Gasteiger partial charge in [-0.3, -0.25) is 9.36 Å². The highest BCUT2D eigenvalue weighted by atomic mass is 16.3. The summed E-state index contributed by atoms with van der Waals surface area (Å²) in [6.07, 6.45) is 1.80. The molecule has 2 aromatic rings.